The largest absolute Gasteiger partial charge is 0.475 e. The molecule has 3 atom stereocenters. The molecule has 0 amide bonds. The molecule has 36 heavy (non-hydrogen) atoms. The van der Waals surface area contributed by atoms with Gasteiger partial charge >= 0.3 is 19.5 Å². The minimum Gasteiger partial charge on any atom is -0.459 e. The maximum atomic E-state index is 13.1. The first-order valence-corrected chi connectivity index (χ1v) is 14.1. The number of alkyl halides is 6. The van der Waals surface area contributed by atoms with Crippen LogP contribution in [0.25, 0.3) is 0 Å². The van der Waals surface area contributed by atoms with Gasteiger partial charge in [-0.05, 0) is 13.3 Å². The number of hydrogen-bond donors (Lipinski definition) is 1. The Kier molecular flexibility index (Phi) is 11.9. The van der Waals surface area contributed by atoms with Crippen LogP contribution in [0.1, 0.15) is 38.0 Å². The van der Waals surface area contributed by atoms with E-state index in [9.17, 15) is 18.9 Å². The molecule has 1 aliphatic heterocycles. The number of esters is 1. The Balaban J connectivity index is 2.24. The summed E-state index contributed by atoms with van der Waals surface area (Å²) in [6, 6.07) is 0. The first-order chi connectivity index (χ1) is 16.5. The highest BCUT2D eigenvalue weighted by molar-refractivity contribution is 7.48. The molecule has 1 fully saturated rings. The summed E-state index contributed by atoms with van der Waals surface area (Å²) in [6.45, 7) is 1.37. The summed E-state index contributed by atoms with van der Waals surface area (Å²) >= 11 is 33.9. The van der Waals surface area contributed by atoms with E-state index in [-0.39, 0.29) is 18.4 Å². The van der Waals surface area contributed by atoms with Crippen LogP contribution < -0.4 is 11.2 Å². The molecular weight excluding hydrogens is 632 g/mol. The summed E-state index contributed by atoms with van der Waals surface area (Å²) in [5.74, 6) is -0.523. The van der Waals surface area contributed by atoms with Crippen LogP contribution in [0.5, 0.6) is 0 Å². The van der Waals surface area contributed by atoms with Crippen molar-refractivity contribution in [1.29, 1.82) is 0 Å². The van der Waals surface area contributed by atoms with Gasteiger partial charge in [-0.25, -0.2) is 9.36 Å². The number of nitrogens with zero attached hydrogens (tertiary/aromatic N) is 1. The number of hydrogen-bond acceptors (Lipinski definition) is 9. The molecule has 2 rings (SSSR count). The third-order valence-electron chi connectivity index (χ3n) is 4.54. The van der Waals surface area contributed by atoms with Crippen LogP contribution in [0.15, 0.2) is 15.8 Å². The van der Waals surface area contributed by atoms with Gasteiger partial charge in [-0.1, -0.05) is 76.5 Å². The van der Waals surface area contributed by atoms with Crippen LogP contribution >= 0.6 is 77.4 Å². The van der Waals surface area contributed by atoms with Gasteiger partial charge in [0.2, 0.25) is 7.59 Å². The Bertz CT molecular complexity index is 1050. The number of rotatable bonds is 11. The van der Waals surface area contributed by atoms with Gasteiger partial charge in [-0.2, -0.15) is 0 Å². The average molecular weight is 655 g/mol. The number of carbonyl (C=O) groups excluding carboxylic acids is 1. The van der Waals surface area contributed by atoms with Gasteiger partial charge in [0.05, 0.1) is 6.61 Å². The van der Waals surface area contributed by atoms with Crippen LogP contribution in [-0.4, -0.2) is 55.1 Å². The lowest BCUT2D eigenvalue weighted by molar-refractivity contribution is -0.153. The summed E-state index contributed by atoms with van der Waals surface area (Å²) in [4.78, 5) is 38.4. The molecule has 3 unspecified atom stereocenters. The summed E-state index contributed by atoms with van der Waals surface area (Å²) in [5.41, 5.74) is -1.04. The first kappa shape index (κ1) is 32.2. The maximum absolute atomic E-state index is 13.1. The van der Waals surface area contributed by atoms with Crippen molar-refractivity contribution in [2.45, 2.75) is 59.1 Å². The highest BCUT2D eigenvalue weighted by Gasteiger charge is 2.42. The Morgan fingerprint density at radius 1 is 1.14 bits per heavy atom. The summed E-state index contributed by atoms with van der Waals surface area (Å²) in [6.07, 6.45) is -0.949. The van der Waals surface area contributed by atoms with Crippen LogP contribution in [0, 0.1) is 6.92 Å². The molecule has 0 spiro atoms. The van der Waals surface area contributed by atoms with Gasteiger partial charge in [-0.3, -0.25) is 32.7 Å². The van der Waals surface area contributed by atoms with Crippen LogP contribution in [0.3, 0.4) is 0 Å². The molecule has 0 saturated carbocycles. The molecule has 2 heterocycles. The number of ether oxygens (including phenoxy) is 2. The molecule has 1 aliphatic rings. The Morgan fingerprint density at radius 2 is 1.72 bits per heavy atom. The third-order valence-corrected chi connectivity index (χ3v) is 6.55. The highest BCUT2D eigenvalue weighted by atomic mass is 35.6. The lowest BCUT2D eigenvalue weighted by atomic mass is 10.2. The van der Waals surface area contributed by atoms with Crippen LogP contribution in [0.2, 0.25) is 0 Å². The molecule has 1 N–H and O–H groups in total. The molecular formula is C18H23Cl6N2O9P. The summed E-state index contributed by atoms with van der Waals surface area (Å²) in [7, 11) is -4.50. The van der Waals surface area contributed by atoms with Crippen molar-refractivity contribution >= 4 is 83.4 Å². The Hall–Kier alpha value is -0.0400. The standard InChI is InChI=1S/C18H23Cl6N2O9P/c1-3-4-14(27)35-11-5-13(26-6-10(2)15(28)25-16(26)29)34-12(11)7-31-36(30,32-8-17(19,20)21)33-9-18(22,23)24/h6,11-13H,3-5,7-9H2,1-2H3,(H,25,28,29). The van der Waals surface area contributed by atoms with Crippen LogP contribution in [0.4, 0.5) is 0 Å². The quantitative estimate of drug-likeness (QED) is 0.204. The molecule has 0 aromatic carbocycles. The van der Waals surface area contributed by atoms with Crippen molar-refractivity contribution in [2.24, 2.45) is 0 Å². The zero-order chi connectivity index (χ0) is 27.3. The van der Waals surface area contributed by atoms with E-state index in [1.807, 2.05) is 0 Å². The lowest BCUT2D eigenvalue weighted by Crippen LogP contribution is -2.33. The van der Waals surface area contributed by atoms with E-state index in [1.54, 1.807) is 6.92 Å². The van der Waals surface area contributed by atoms with E-state index in [0.29, 0.717) is 6.42 Å². The van der Waals surface area contributed by atoms with Gasteiger partial charge in [-0.15, -0.1) is 0 Å². The molecule has 11 nitrogen and oxygen atoms in total. The van der Waals surface area contributed by atoms with Gasteiger partial charge < -0.3 is 9.47 Å². The number of halogens is 6. The van der Waals surface area contributed by atoms with E-state index in [4.69, 9.17) is 92.7 Å². The van der Waals surface area contributed by atoms with Crippen molar-refractivity contribution in [2.75, 3.05) is 19.8 Å². The van der Waals surface area contributed by atoms with E-state index < -0.39 is 70.9 Å². The number of phosphoric acid groups is 1. The van der Waals surface area contributed by atoms with Crippen molar-refractivity contribution < 1.29 is 32.4 Å². The Labute approximate surface area is 236 Å². The molecule has 1 aromatic heterocycles. The van der Waals surface area contributed by atoms with E-state index in [2.05, 4.69) is 4.98 Å². The fourth-order valence-corrected chi connectivity index (χ4v) is 5.00. The number of aryl methyl sites for hydroxylation is 1. The van der Waals surface area contributed by atoms with Crippen molar-refractivity contribution in [3.63, 3.8) is 0 Å². The van der Waals surface area contributed by atoms with E-state index >= 15 is 0 Å². The van der Waals surface area contributed by atoms with Crippen LogP contribution in [-0.2, 0) is 32.4 Å². The number of aromatic nitrogens is 2. The van der Waals surface area contributed by atoms with Gasteiger partial charge in [0, 0.05) is 24.6 Å². The van der Waals surface area contributed by atoms with E-state index in [0.717, 1.165) is 4.57 Å². The minimum atomic E-state index is -4.50. The van der Waals surface area contributed by atoms with Crippen molar-refractivity contribution in [3.05, 3.63) is 32.6 Å². The third kappa shape index (κ3) is 10.6. The lowest BCUT2D eigenvalue weighted by Gasteiger charge is -2.24. The predicted octanol–water partition coefficient (Wildman–Crippen LogP) is 4.74. The van der Waals surface area contributed by atoms with Crippen molar-refractivity contribution in [1.82, 2.24) is 9.55 Å². The summed E-state index contributed by atoms with van der Waals surface area (Å²) in [5, 5.41) is 0. The molecule has 0 bridgehead atoms. The summed E-state index contributed by atoms with van der Waals surface area (Å²) < 4.78 is 37.0. The topological polar surface area (TPSA) is 135 Å². The smallest absolute Gasteiger partial charge is 0.459 e. The van der Waals surface area contributed by atoms with E-state index in [1.165, 1.54) is 13.1 Å². The predicted molar refractivity (Wildman–Crippen MR) is 135 cm³/mol. The number of carbonyl (C=O) groups is 1. The Morgan fingerprint density at radius 3 is 2.25 bits per heavy atom. The molecule has 0 radical (unpaired) electrons. The zero-order valence-electron chi connectivity index (χ0n) is 18.9. The second-order valence-electron chi connectivity index (χ2n) is 7.64. The fourth-order valence-electron chi connectivity index (χ4n) is 2.96. The molecule has 1 saturated heterocycles. The number of H-pyrrole nitrogens is 1. The first-order valence-electron chi connectivity index (χ1n) is 10.4. The number of aromatic amines is 1. The monoisotopic (exact) mass is 652 g/mol. The van der Waals surface area contributed by atoms with Gasteiger partial charge in [0.25, 0.3) is 5.56 Å². The SMILES string of the molecule is CCCC(=O)OC1CC(n2cc(C)c(=O)[nH]c2=O)OC1COP(=O)(OCC(Cl)(Cl)Cl)OCC(Cl)(Cl)Cl. The number of phosphoric ester groups is 1. The average Bonchev–Trinajstić information content (AvgIpc) is 3.13. The number of nitrogens with one attached hydrogen (secondary N) is 1. The minimum absolute atomic E-state index is 0.0171. The molecule has 1 aromatic rings. The maximum Gasteiger partial charge on any atom is 0.475 e. The van der Waals surface area contributed by atoms with Gasteiger partial charge in [0.1, 0.15) is 31.6 Å². The molecule has 18 heteroatoms. The second-order valence-corrected chi connectivity index (χ2v) is 14.3. The second kappa shape index (κ2) is 13.3. The molecule has 206 valence electrons. The van der Waals surface area contributed by atoms with Gasteiger partial charge in [0.15, 0.2) is 0 Å². The molecule has 0 aliphatic carbocycles. The fraction of sp³-hybridized carbons (Fsp3) is 0.722. The van der Waals surface area contributed by atoms with Crippen molar-refractivity contribution in [3.8, 4) is 0 Å². The zero-order valence-corrected chi connectivity index (χ0v) is 24.3. The normalized spacial score (nSPS) is 21.1. The highest BCUT2D eigenvalue weighted by Crippen LogP contribution is 2.53.